The van der Waals surface area contributed by atoms with Gasteiger partial charge in [0.25, 0.3) is 5.91 Å². The van der Waals surface area contributed by atoms with E-state index in [0.717, 1.165) is 30.8 Å². The molecule has 8 nitrogen and oxygen atoms in total. The minimum atomic E-state index is -0.123. The van der Waals surface area contributed by atoms with Crippen LogP contribution in [0, 0.1) is 0 Å². The number of amides is 2. The Hall–Kier alpha value is -2.87. The normalized spacial score (nSPS) is 20.8. The number of piperidine rings is 1. The lowest BCUT2D eigenvalue weighted by Crippen LogP contribution is -2.58. The Morgan fingerprint density at radius 3 is 2.45 bits per heavy atom. The third-order valence-electron chi connectivity index (χ3n) is 5.79. The molecule has 2 saturated heterocycles. The summed E-state index contributed by atoms with van der Waals surface area (Å²) in [6.07, 6.45) is 5.45. The van der Waals surface area contributed by atoms with Crippen molar-refractivity contribution in [3.63, 3.8) is 0 Å². The van der Waals surface area contributed by atoms with Gasteiger partial charge in [-0.1, -0.05) is 0 Å². The number of carbonyl (C=O) groups is 2. The molecular formula is C21H27N5O3. The van der Waals surface area contributed by atoms with Gasteiger partial charge in [-0.05, 0) is 37.1 Å². The van der Waals surface area contributed by atoms with Gasteiger partial charge < -0.3 is 14.5 Å². The van der Waals surface area contributed by atoms with Gasteiger partial charge in [-0.2, -0.15) is 5.10 Å². The van der Waals surface area contributed by atoms with E-state index in [0.29, 0.717) is 31.7 Å². The van der Waals surface area contributed by atoms with E-state index in [1.54, 1.807) is 42.3 Å². The number of rotatable bonds is 4. The van der Waals surface area contributed by atoms with E-state index >= 15 is 0 Å². The van der Waals surface area contributed by atoms with E-state index in [4.69, 9.17) is 4.74 Å². The molecule has 4 rings (SSSR count). The van der Waals surface area contributed by atoms with Crippen LogP contribution in [0.5, 0.6) is 5.75 Å². The molecule has 0 N–H and O–H groups in total. The van der Waals surface area contributed by atoms with E-state index in [9.17, 15) is 9.59 Å². The Kier molecular flexibility index (Phi) is 5.53. The number of aryl methyl sites for hydroxylation is 1. The van der Waals surface area contributed by atoms with Gasteiger partial charge >= 0.3 is 0 Å². The van der Waals surface area contributed by atoms with Gasteiger partial charge in [-0.3, -0.25) is 19.2 Å². The molecule has 29 heavy (non-hydrogen) atoms. The monoisotopic (exact) mass is 397 g/mol. The fourth-order valence-electron chi connectivity index (χ4n) is 4.15. The van der Waals surface area contributed by atoms with Crippen LogP contribution in [0.3, 0.4) is 0 Å². The molecule has 8 heteroatoms. The van der Waals surface area contributed by atoms with Gasteiger partial charge in [0.05, 0.1) is 25.0 Å². The molecule has 0 aliphatic carbocycles. The number of ether oxygens (including phenoxy) is 1. The van der Waals surface area contributed by atoms with Crippen molar-refractivity contribution in [3.8, 4) is 5.75 Å². The quantitative estimate of drug-likeness (QED) is 0.780. The largest absolute Gasteiger partial charge is 0.497 e. The van der Waals surface area contributed by atoms with Crippen molar-refractivity contribution in [1.82, 2.24) is 19.6 Å². The van der Waals surface area contributed by atoms with Crippen molar-refractivity contribution < 1.29 is 14.3 Å². The predicted molar refractivity (Wildman–Crippen MR) is 109 cm³/mol. The first kappa shape index (κ1) is 19.4. The van der Waals surface area contributed by atoms with Crippen molar-refractivity contribution in [2.24, 2.45) is 7.05 Å². The lowest BCUT2D eigenvalue weighted by atomic mass is 10.0. The van der Waals surface area contributed by atoms with E-state index in [1.165, 1.54) is 0 Å². The van der Waals surface area contributed by atoms with Crippen LogP contribution >= 0.6 is 0 Å². The van der Waals surface area contributed by atoms with Gasteiger partial charge in [0.15, 0.2) is 0 Å². The summed E-state index contributed by atoms with van der Waals surface area (Å²) in [5.74, 6) is 0.902. The second-order valence-corrected chi connectivity index (χ2v) is 7.58. The summed E-state index contributed by atoms with van der Waals surface area (Å²) in [6.45, 7) is 3.40. The molecule has 1 atom stereocenters. The zero-order valence-corrected chi connectivity index (χ0v) is 17.0. The van der Waals surface area contributed by atoms with Crippen LogP contribution in [0.25, 0.3) is 0 Å². The van der Waals surface area contributed by atoms with Gasteiger partial charge in [-0.25, -0.2) is 0 Å². The molecule has 2 amide bonds. The average Bonchev–Trinajstić information content (AvgIpc) is 3.19. The summed E-state index contributed by atoms with van der Waals surface area (Å²) in [5, 5.41) is 4.19. The molecule has 2 aliphatic heterocycles. The first-order chi connectivity index (χ1) is 14.1. The van der Waals surface area contributed by atoms with Crippen LogP contribution in [0.2, 0.25) is 0 Å². The van der Waals surface area contributed by atoms with E-state index in [-0.39, 0.29) is 17.9 Å². The Morgan fingerprint density at radius 2 is 1.83 bits per heavy atom. The van der Waals surface area contributed by atoms with Gasteiger partial charge in [0.2, 0.25) is 5.91 Å². The molecule has 0 spiro atoms. The maximum atomic E-state index is 13.1. The minimum absolute atomic E-state index is 0.0271. The van der Waals surface area contributed by atoms with E-state index < -0.39 is 0 Å². The second kappa shape index (κ2) is 8.24. The summed E-state index contributed by atoms with van der Waals surface area (Å²) >= 11 is 0. The number of hydrogen-bond acceptors (Lipinski definition) is 5. The SMILES string of the molecule is COc1ccc(C(=O)N2CCN([C@H]3CCCN(c4cnn(C)c4)C3=O)CC2)cc1. The molecule has 0 unspecified atom stereocenters. The zero-order chi connectivity index (χ0) is 20.4. The molecule has 2 aliphatic rings. The van der Waals surface area contributed by atoms with Crippen molar-refractivity contribution >= 4 is 17.5 Å². The van der Waals surface area contributed by atoms with Crippen LogP contribution in [0.15, 0.2) is 36.7 Å². The molecule has 1 aromatic heterocycles. The van der Waals surface area contributed by atoms with Crippen molar-refractivity contribution in [3.05, 3.63) is 42.2 Å². The molecule has 0 bridgehead atoms. The number of carbonyl (C=O) groups excluding carboxylic acids is 2. The lowest BCUT2D eigenvalue weighted by molar-refractivity contribution is -0.126. The standard InChI is InChI=1S/C21H27N5O3/c1-23-15-17(14-22-23)26-9-3-4-19(21(26)28)24-10-12-25(13-11-24)20(27)16-5-7-18(29-2)8-6-16/h5-8,14-15,19H,3-4,9-13H2,1-2H3/t19-/m0/s1. The first-order valence-corrected chi connectivity index (χ1v) is 10.0. The molecular weight excluding hydrogens is 370 g/mol. The number of nitrogens with zero attached hydrogens (tertiary/aromatic N) is 5. The predicted octanol–water partition coefficient (Wildman–Crippen LogP) is 1.38. The van der Waals surface area contributed by atoms with E-state index in [2.05, 4.69) is 10.00 Å². The molecule has 2 fully saturated rings. The maximum absolute atomic E-state index is 13.1. The summed E-state index contributed by atoms with van der Waals surface area (Å²) in [4.78, 5) is 31.8. The van der Waals surface area contributed by atoms with Crippen molar-refractivity contribution in [1.29, 1.82) is 0 Å². The highest BCUT2D eigenvalue weighted by atomic mass is 16.5. The maximum Gasteiger partial charge on any atom is 0.253 e. The summed E-state index contributed by atoms with van der Waals surface area (Å²) in [5.41, 5.74) is 1.52. The fraction of sp³-hybridized carbons (Fsp3) is 0.476. The Morgan fingerprint density at radius 1 is 1.10 bits per heavy atom. The van der Waals surface area contributed by atoms with Gasteiger partial charge in [0.1, 0.15) is 5.75 Å². The second-order valence-electron chi connectivity index (χ2n) is 7.58. The van der Waals surface area contributed by atoms with Crippen LogP contribution in [0.1, 0.15) is 23.2 Å². The summed E-state index contributed by atoms with van der Waals surface area (Å²) in [7, 11) is 3.46. The molecule has 3 heterocycles. The zero-order valence-electron chi connectivity index (χ0n) is 17.0. The van der Waals surface area contributed by atoms with Crippen LogP contribution in [-0.2, 0) is 11.8 Å². The molecule has 0 saturated carbocycles. The lowest BCUT2D eigenvalue weighted by Gasteiger charge is -2.42. The number of methoxy groups -OCH3 is 1. The van der Waals surface area contributed by atoms with Crippen molar-refractivity contribution in [2.75, 3.05) is 44.7 Å². The third kappa shape index (κ3) is 3.98. The smallest absolute Gasteiger partial charge is 0.253 e. The highest BCUT2D eigenvalue weighted by Gasteiger charge is 2.36. The third-order valence-corrected chi connectivity index (χ3v) is 5.79. The number of aromatic nitrogens is 2. The summed E-state index contributed by atoms with van der Waals surface area (Å²) in [6, 6.07) is 7.07. The topological polar surface area (TPSA) is 70.9 Å². The summed E-state index contributed by atoms with van der Waals surface area (Å²) < 4.78 is 6.87. The number of anilines is 1. The molecule has 2 aromatic rings. The molecule has 0 radical (unpaired) electrons. The molecule has 154 valence electrons. The van der Waals surface area contributed by atoms with Gasteiger partial charge in [-0.15, -0.1) is 0 Å². The average molecular weight is 397 g/mol. The highest BCUT2D eigenvalue weighted by Crippen LogP contribution is 2.24. The number of piperazine rings is 1. The number of hydrogen-bond donors (Lipinski definition) is 0. The van der Waals surface area contributed by atoms with Crippen LogP contribution in [-0.4, -0.2) is 77.3 Å². The Labute approximate surface area is 170 Å². The minimum Gasteiger partial charge on any atom is -0.497 e. The van der Waals surface area contributed by atoms with Gasteiger partial charge in [0, 0.05) is 51.5 Å². The molecule has 1 aromatic carbocycles. The Balaban J connectivity index is 1.37. The fourth-order valence-corrected chi connectivity index (χ4v) is 4.15. The number of benzene rings is 1. The van der Waals surface area contributed by atoms with Crippen molar-refractivity contribution in [2.45, 2.75) is 18.9 Å². The first-order valence-electron chi connectivity index (χ1n) is 10.0. The van der Waals surface area contributed by atoms with Crippen LogP contribution < -0.4 is 9.64 Å². The Bertz CT molecular complexity index is 871. The van der Waals surface area contributed by atoms with Crippen LogP contribution in [0.4, 0.5) is 5.69 Å². The highest BCUT2D eigenvalue weighted by molar-refractivity contribution is 5.98. The van der Waals surface area contributed by atoms with E-state index in [1.807, 2.05) is 23.0 Å².